The van der Waals surface area contributed by atoms with Gasteiger partial charge in [-0.25, -0.2) is 17.5 Å². The highest BCUT2D eigenvalue weighted by molar-refractivity contribution is 7.90. The fourth-order valence-corrected chi connectivity index (χ4v) is 4.04. The summed E-state index contributed by atoms with van der Waals surface area (Å²) in [5.74, 6) is -1.70. The van der Waals surface area contributed by atoms with E-state index in [9.17, 15) is 18.0 Å². The van der Waals surface area contributed by atoms with Crippen LogP contribution >= 0.6 is 0 Å². The fourth-order valence-electron chi connectivity index (χ4n) is 2.37. The van der Waals surface area contributed by atoms with Crippen molar-refractivity contribution in [2.24, 2.45) is 5.92 Å². The fraction of sp³-hybridized carbons (Fsp3) is 0.429. The predicted octanol–water partition coefficient (Wildman–Crippen LogP) is 1.97. The van der Waals surface area contributed by atoms with Crippen LogP contribution in [0.2, 0.25) is 0 Å². The second-order valence-electron chi connectivity index (χ2n) is 5.04. The second kappa shape index (κ2) is 5.48. The molecule has 2 rings (SSSR count). The van der Waals surface area contributed by atoms with Crippen LogP contribution in [0.25, 0.3) is 0 Å². The maximum atomic E-state index is 12.4. The van der Waals surface area contributed by atoms with Crippen molar-refractivity contribution in [3.8, 4) is 0 Å². The zero-order chi connectivity index (χ0) is 15.8. The standard InChI is InChI=1S/C14H17NO5S/c1-3-9(4-2)8-15-13(16)11-6-5-10(14(17)18)7-12(11)21(15,19)20/h5-7,9H,3-4,8H2,1-2H3,(H,17,18). The van der Waals surface area contributed by atoms with Crippen molar-refractivity contribution in [1.82, 2.24) is 4.31 Å². The summed E-state index contributed by atoms with van der Waals surface area (Å²) in [5.41, 5.74) is -0.0968. The van der Waals surface area contributed by atoms with Gasteiger partial charge in [-0.15, -0.1) is 0 Å². The van der Waals surface area contributed by atoms with Crippen LogP contribution in [0.4, 0.5) is 0 Å². The summed E-state index contributed by atoms with van der Waals surface area (Å²) in [4.78, 5) is 23.0. The van der Waals surface area contributed by atoms with Gasteiger partial charge in [0.1, 0.15) is 4.90 Å². The number of aromatic carboxylic acids is 1. The molecule has 1 aromatic carbocycles. The van der Waals surface area contributed by atoms with Crippen LogP contribution in [-0.2, 0) is 10.0 Å². The lowest BCUT2D eigenvalue weighted by Crippen LogP contribution is -2.34. The lowest BCUT2D eigenvalue weighted by molar-refractivity contribution is 0.0695. The molecule has 0 unspecified atom stereocenters. The van der Waals surface area contributed by atoms with Crippen LogP contribution < -0.4 is 0 Å². The van der Waals surface area contributed by atoms with Gasteiger partial charge in [-0.05, 0) is 24.1 Å². The number of carbonyl (C=O) groups is 2. The maximum absolute atomic E-state index is 12.4. The molecule has 0 radical (unpaired) electrons. The number of sulfonamides is 1. The van der Waals surface area contributed by atoms with Crippen LogP contribution in [0.15, 0.2) is 23.1 Å². The molecule has 0 saturated heterocycles. The summed E-state index contributed by atoms with van der Waals surface area (Å²) < 4.78 is 25.8. The number of rotatable bonds is 5. The van der Waals surface area contributed by atoms with E-state index in [1.807, 2.05) is 13.8 Å². The van der Waals surface area contributed by atoms with Gasteiger partial charge in [-0.3, -0.25) is 4.79 Å². The van der Waals surface area contributed by atoms with Gasteiger partial charge in [-0.2, -0.15) is 0 Å². The topological polar surface area (TPSA) is 91.8 Å². The van der Waals surface area contributed by atoms with Crippen molar-refractivity contribution in [3.05, 3.63) is 29.3 Å². The van der Waals surface area contributed by atoms with E-state index in [-0.39, 0.29) is 28.5 Å². The number of hydrogen-bond donors (Lipinski definition) is 1. The highest BCUT2D eigenvalue weighted by atomic mass is 32.2. The quantitative estimate of drug-likeness (QED) is 0.897. The second-order valence-corrected chi connectivity index (χ2v) is 6.87. The van der Waals surface area contributed by atoms with E-state index in [1.54, 1.807) is 0 Å². The molecule has 0 aromatic heterocycles. The number of carboxylic acids is 1. The first-order valence-electron chi connectivity index (χ1n) is 6.77. The minimum atomic E-state index is -3.95. The minimum Gasteiger partial charge on any atom is -0.478 e. The first kappa shape index (κ1) is 15.5. The molecule has 1 aliphatic heterocycles. The molecular weight excluding hydrogens is 294 g/mol. The molecule has 0 bridgehead atoms. The average molecular weight is 311 g/mol. The van der Waals surface area contributed by atoms with Crippen LogP contribution in [0.3, 0.4) is 0 Å². The molecule has 1 aromatic rings. The molecule has 114 valence electrons. The van der Waals surface area contributed by atoms with E-state index in [2.05, 4.69) is 0 Å². The Morgan fingerprint density at radius 2 is 1.90 bits per heavy atom. The molecule has 1 heterocycles. The summed E-state index contributed by atoms with van der Waals surface area (Å²) in [6.45, 7) is 4.01. The van der Waals surface area contributed by atoms with E-state index < -0.39 is 21.9 Å². The van der Waals surface area contributed by atoms with Gasteiger partial charge in [0.05, 0.1) is 11.1 Å². The van der Waals surface area contributed by atoms with E-state index in [0.29, 0.717) is 0 Å². The summed E-state index contributed by atoms with van der Waals surface area (Å²) >= 11 is 0. The van der Waals surface area contributed by atoms with E-state index in [0.717, 1.165) is 23.2 Å². The summed E-state index contributed by atoms with van der Waals surface area (Å²) in [5, 5.41) is 8.95. The molecule has 0 spiro atoms. The van der Waals surface area contributed by atoms with Crippen molar-refractivity contribution in [3.63, 3.8) is 0 Å². The third kappa shape index (κ3) is 2.53. The van der Waals surface area contributed by atoms with Crippen LogP contribution in [-0.4, -0.2) is 36.3 Å². The summed E-state index contributed by atoms with van der Waals surface area (Å²) in [6, 6.07) is 3.57. The zero-order valence-corrected chi connectivity index (χ0v) is 12.7. The van der Waals surface area contributed by atoms with E-state index in [1.165, 1.54) is 12.1 Å². The molecule has 0 aliphatic carbocycles. The molecule has 1 aliphatic rings. The number of nitrogens with zero attached hydrogens (tertiary/aromatic N) is 1. The van der Waals surface area contributed by atoms with E-state index >= 15 is 0 Å². The minimum absolute atomic E-state index is 0.0472. The Labute approximate surface area is 123 Å². The van der Waals surface area contributed by atoms with Gasteiger partial charge in [-0.1, -0.05) is 26.7 Å². The molecular formula is C14H17NO5S. The van der Waals surface area contributed by atoms with Gasteiger partial charge in [0.25, 0.3) is 15.9 Å². The zero-order valence-electron chi connectivity index (χ0n) is 11.9. The Kier molecular flexibility index (Phi) is 4.04. The number of carbonyl (C=O) groups excluding carboxylic acids is 1. The largest absolute Gasteiger partial charge is 0.478 e. The molecule has 0 atom stereocenters. The number of fused-ring (bicyclic) bond motifs is 1. The van der Waals surface area contributed by atoms with Gasteiger partial charge in [0, 0.05) is 6.54 Å². The van der Waals surface area contributed by atoms with Crippen LogP contribution in [0.1, 0.15) is 47.4 Å². The normalized spacial score (nSPS) is 16.3. The summed E-state index contributed by atoms with van der Waals surface area (Å²) in [6.07, 6.45) is 1.54. The first-order valence-corrected chi connectivity index (χ1v) is 8.21. The molecule has 0 saturated carbocycles. The van der Waals surface area contributed by atoms with Crippen molar-refractivity contribution >= 4 is 21.9 Å². The molecule has 6 nitrogen and oxygen atoms in total. The van der Waals surface area contributed by atoms with Crippen molar-refractivity contribution in [2.75, 3.05) is 6.54 Å². The van der Waals surface area contributed by atoms with Gasteiger partial charge >= 0.3 is 5.97 Å². The molecule has 1 N–H and O–H groups in total. The predicted molar refractivity (Wildman–Crippen MR) is 75.7 cm³/mol. The maximum Gasteiger partial charge on any atom is 0.335 e. The smallest absolute Gasteiger partial charge is 0.335 e. The molecule has 7 heteroatoms. The lowest BCUT2D eigenvalue weighted by Gasteiger charge is -2.20. The molecule has 21 heavy (non-hydrogen) atoms. The lowest BCUT2D eigenvalue weighted by atomic mass is 10.0. The Morgan fingerprint density at radius 3 is 2.43 bits per heavy atom. The van der Waals surface area contributed by atoms with Crippen molar-refractivity contribution < 1.29 is 23.1 Å². The third-order valence-corrected chi connectivity index (χ3v) is 5.62. The number of amides is 1. The van der Waals surface area contributed by atoms with Crippen LogP contribution in [0.5, 0.6) is 0 Å². The highest BCUT2D eigenvalue weighted by Gasteiger charge is 2.42. The molecule has 0 fully saturated rings. The molecule has 1 amide bonds. The monoisotopic (exact) mass is 311 g/mol. The number of carboxylic acid groups (broad SMARTS) is 1. The first-order chi connectivity index (χ1) is 9.82. The number of benzene rings is 1. The van der Waals surface area contributed by atoms with Gasteiger partial charge in [0.15, 0.2) is 0 Å². The summed E-state index contributed by atoms with van der Waals surface area (Å²) in [7, 11) is -3.95. The Hall–Kier alpha value is -1.89. The van der Waals surface area contributed by atoms with Gasteiger partial charge in [0.2, 0.25) is 0 Å². The van der Waals surface area contributed by atoms with Crippen LogP contribution in [0, 0.1) is 5.92 Å². The number of hydrogen-bond acceptors (Lipinski definition) is 4. The highest BCUT2D eigenvalue weighted by Crippen LogP contribution is 2.32. The Bertz CT molecular complexity index is 691. The van der Waals surface area contributed by atoms with E-state index in [4.69, 9.17) is 5.11 Å². The third-order valence-electron chi connectivity index (χ3n) is 3.83. The average Bonchev–Trinajstić information content (AvgIpc) is 2.64. The van der Waals surface area contributed by atoms with Crippen molar-refractivity contribution in [1.29, 1.82) is 0 Å². The Morgan fingerprint density at radius 1 is 1.29 bits per heavy atom. The van der Waals surface area contributed by atoms with Crippen molar-refractivity contribution in [2.45, 2.75) is 31.6 Å². The SMILES string of the molecule is CCC(CC)CN1C(=O)c2ccc(C(=O)O)cc2S1(=O)=O. The Balaban J connectivity index is 2.47. The van der Waals surface area contributed by atoms with Gasteiger partial charge < -0.3 is 5.11 Å².